The first-order valence-corrected chi connectivity index (χ1v) is 6.48. The molecule has 0 radical (unpaired) electrons. The largest absolute Gasteiger partial charge is 0.481 e. The van der Waals surface area contributed by atoms with Crippen LogP contribution in [0.5, 0.6) is 5.88 Å². The number of pyridine rings is 2. The average Bonchev–Trinajstić information content (AvgIpc) is 2.67. The van der Waals surface area contributed by atoms with Crippen LogP contribution in [-0.4, -0.2) is 21.1 Å². The number of hydrogen-bond acceptors (Lipinski definition) is 4. The van der Waals surface area contributed by atoms with Crippen molar-refractivity contribution in [2.24, 2.45) is 0 Å². The molecule has 92 valence electrons. The molecule has 0 bridgehead atoms. The standard InChI is InChI=1S/C11H7FIN3OS/c1-17-8-2-5-7(4-14-8)16(18)11-9(5)10(13)6(12)3-15-11/h2-4,18H,1H3. The van der Waals surface area contributed by atoms with Crippen molar-refractivity contribution >= 4 is 57.3 Å². The van der Waals surface area contributed by atoms with Crippen molar-refractivity contribution < 1.29 is 9.13 Å². The van der Waals surface area contributed by atoms with Crippen molar-refractivity contribution in [2.75, 3.05) is 7.11 Å². The van der Waals surface area contributed by atoms with Gasteiger partial charge in [-0.15, -0.1) is 0 Å². The summed E-state index contributed by atoms with van der Waals surface area (Å²) in [5, 5.41) is 1.55. The van der Waals surface area contributed by atoms with Gasteiger partial charge < -0.3 is 4.74 Å². The molecule has 3 aromatic heterocycles. The van der Waals surface area contributed by atoms with E-state index in [1.54, 1.807) is 16.2 Å². The molecule has 0 N–H and O–H groups in total. The molecule has 0 aliphatic heterocycles. The fourth-order valence-electron chi connectivity index (χ4n) is 1.88. The number of fused-ring (bicyclic) bond motifs is 3. The van der Waals surface area contributed by atoms with E-state index in [1.807, 2.05) is 22.6 Å². The van der Waals surface area contributed by atoms with Gasteiger partial charge in [0.25, 0.3) is 0 Å². The second-order valence-corrected chi connectivity index (χ2v) is 5.15. The van der Waals surface area contributed by atoms with Gasteiger partial charge in [0.1, 0.15) is 0 Å². The van der Waals surface area contributed by atoms with E-state index in [0.717, 1.165) is 16.3 Å². The number of aromatic nitrogens is 3. The van der Waals surface area contributed by atoms with Crippen LogP contribution in [0, 0.1) is 9.39 Å². The van der Waals surface area contributed by atoms with Crippen LogP contribution in [-0.2, 0) is 0 Å². The second-order valence-electron chi connectivity index (χ2n) is 3.67. The summed E-state index contributed by atoms with van der Waals surface area (Å²) in [6.45, 7) is 0. The normalized spacial score (nSPS) is 11.3. The number of thiol groups is 1. The second kappa shape index (κ2) is 4.23. The van der Waals surface area contributed by atoms with Crippen molar-refractivity contribution in [1.29, 1.82) is 0 Å². The van der Waals surface area contributed by atoms with Crippen molar-refractivity contribution in [3.63, 3.8) is 0 Å². The Morgan fingerprint density at radius 3 is 2.89 bits per heavy atom. The molecule has 3 rings (SSSR count). The van der Waals surface area contributed by atoms with Crippen LogP contribution in [0.1, 0.15) is 0 Å². The fraction of sp³-hybridized carbons (Fsp3) is 0.0909. The summed E-state index contributed by atoms with van der Waals surface area (Å²) in [4.78, 5) is 8.19. The van der Waals surface area contributed by atoms with Gasteiger partial charge in [0.15, 0.2) is 11.5 Å². The summed E-state index contributed by atoms with van der Waals surface area (Å²) in [5.41, 5.74) is 1.37. The molecule has 18 heavy (non-hydrogen) atoms. The molecule has 0 aliphatic carbocycles. The topological polar surface area (TPSA) is 39.9 Å². The predicted molar refractivity (Wildman–Crippen MR) is 78.6 cm³/mol. The highest BCUT2D eigenvalue weighted by Gasteiger charge is 2.16. The minimum absolute atomic E-state index is 0.347. The quantitative estimate of drug-likeness (QED) is 0.525. The maximum absolute atomic E-state index is 13.6. The van der Waals surface area contributed by atoms with Gasteiger partial charge in [-0.3, -0.25) is 3.97 Å². The van der Waals surface area contributed by atoms with Gasteiger partial charge in [-0.2, -0.15) is 0 Å². The summed E-state index contributed by atoms with van der Waals surface area (Å²) in [7, 11) is 1.54. The van der Waals surface area contributed by atoms with Crippen LogP contribution in [0.2, 0.25) is 0 Å². The van der Waals surface area contributed by atoms with Gasteiger partial charge in [-0.1, -0.05) is 12.8 Å². The average molecular weight is 375 g/mol. The third-order valence-electron chi connectivity index (χ3n) is 2.72. The van der Waals surface area contributed by atoms with Gasteiger partial charge >= 0.3 is 0 Å². The highest BCUT2D eigenvalue weighted by atomic mass is 127. The first-order valence-electron chi connectivity index (χ1n) is 5.01. The van der Waals surface area contributed by atoms with E-state index in [2.05, 4.69) is 22.8 Å². The Morgan fingerprint density at radius 2 is 2.17 bits per heavy atom. The lowest BCUT2D eigenvalue weighted by molar-refractivity contribution is 0.399. The molecular weight excluding hydrogens is 368 g/mol. The Hall–Kier alpha value is -1.09. The summed E-state index contributed by atoms with van der Waals surface area (Å²) in [6.07, 6.45) is 2.83. The molecule has 0 saturated carbocycles. The summed E-state index contributed by atoms with van der Waals surface area (Å²) in [5.74, 6) is 0.128. The van der Waals surface area contributed by atoms with Gasteiger partial charge in [0, 0.05) is 16.8 Å². The zero-order chi connectivity index (χ0) is 12.9. The first-order chi connectivity index (χ1) is 8.63. The lowest BCUT2D eigenvalue weighted by atomic mass is 10.2. The molecule has 0 aromatic carbocycles. The fourth-order valence-corrected chi connectivity index (χ4v) is 2.86. The molecule has 0 saturated heterocycles. The summed E-state index contributed by atoms with van der Waals surface area (Å²) in [6, 6.07) is 1.76. The minimum atomic E-state index is -0.347. The van der Waals surface area contributed by atoms with Crippen LogP contribution < -0.4 is 4.74 Å². The Labute approximate surface area is 121 Å². The number of methoxy groups -OCH3 is 1. The number of nitrogens with zero attached hydrogens (tertiary/aromatic N) is 3. The molecule has 4 nitrogen and oxygen atoms in total. The number of halogens is 2. The van der Waals surface area contributed by atoms with Gasteiger partial charge in [0.05, 0.1) is 28.6 Å². The van der Waals surface area contributed by atoms with Gasteiger partial charge in [-0.05, 0) is 22.6 Å². The van der Waals surface area contributed by atoms with E-state index in [0.29, 0.717) is 15.1 Å². The van der Waals surface area contributed by atoms with Crippen LogP contribution in [0.25, 0.3) is 21.9 Å². The van der Waals surface area contributed by atoms with E-state index < -0.39 is 0 Å². The first kappa shape index (κ1) is 12.0. The van der Waals surface area contributed by atoms with Crippen LogP contribution in [0.4, 0.5) is 4.39 Å². The zero-order valence-electron chi connectivity index (χ0n) is 9.19. The Balaban J connectivity index is 2.57. The van der Waals surface area contributed by atoms with E-state index >= 15 is 0 Å². The Kier molecular flexibility index (Phi) is 2.81. The molecule has 7 heteroatoms. The molecule has 0 atom stereocenters. The SMILES string of the molecule is COc1cc2c3c(I)c(F)cnc3n(S)c2cn1. The number of ether oxygens (including phenoxy) is 1. The highest BCUT2D eigenvalue weighted by molar-refractivity contribution is 14.1. The van der Waals surface area contributed by atoms with E-state index in [4.69, 9.17) is 4.74 Å². The summed E-state index contributed by atoms with van der Waals surface area (Å²) < 4.78 is 20.8. The molecular formula is C11H7FIN3OS. The van der Waals surface area contributed by atoms with E-state index in [1.165, 1.54) is 13.3 Å². The Bertz CT molecular complexity index is 774. The zero-order valence-corrected chi connectivity index (χ0v) is 12.2. The number of hydrogen-bond donors (Lipinski definition) is 1. The number of rotatable bonds is 1. The van der Waals surface area contributed by atoms with E-state index in [9.17, 15) is 4.39 Å². The smallest absolute Gasteiger partial charge is 0.213 e. The lowest BCUT2D eigenvalue weighted by Gasteiger charge is -1.99. The Morgan fingerprint density at radius 1 is 1.39 bits per heavy atom. The molecule has 0 unspecified atom stereocenters. The van der Waals surface area contributed by atoms with E-state index in [-0.39, 0.29) is 5.82 Å². The van der Waals surface area contributed by atoms with Crippen LogP contribution >= 0.6 is 35.4 Å². The minimum Gasteiger partial charge on any atom is -0.481 e. The third kappa shape index (κ3) is 1.57. The van der Waals surface area contributed by atoms with Gasteiger partial charge in [0.2, 0.25) is 5.88 Å². The molecule has 3 aromatic rings. The monoisotopic (exact) mass is 375 g/mol. The summed E-state index contributed by atoms with van der Waals surface area (Å²) >= 11 is 6.32. The third-order valence-corrected chi connectivity index (χ3v) is 4.18. The highest BCUT2D eigenvalue weighted by Crippen LogP contribution is 2.33. The predicted octanol–water partition coefficient (Wildman–Crippen LogP) is 3.03. The molecule has 0 aliphatic rings. The van der Waals surface area contributed by atoms with Crippen LogP contribution in [0.3, 0.4) is 0 Å². The van der Waals surface area contributed by atoms with Crippen molar-refractivity contribution in [2.45, 2.75) is 0 Å². The molecule has 0 fully saturated rings. The van der Waals surface area contributed by atoms with Gasteiger partial charge in [-0.25, -0.2) is 14.4 Å². The molecule has 3 heterocycles. The lowest BCUT2D eigenvalue weighted by Crippen LogP contribution is -1.88. The van der Waals surface area contributed by atoms with Crippen molar-refractivity contribution in [3.05, 3.63) is 27.8 Å². The van der Waals surface area contributed by atoms with Crippen LogP contribution in [0.15, 0.2) is 18.5 Å². The molecule has 0 amide bonds. The maximum atomic E-state index is 13.6. The van der Waals surface area contributed by atoms with Crippen molar-refractivity contribution in [1.82, 2.24) is 13.9 Å². The maximum Gasteiger partial charge on any atom is 0.213 e. The van der Waals surface area contributed by atoms with Crippen molar-refractivity contribution in [3.8, 4) is 5.88 Å². The molecule has 0 spiro atoms.